The van der Waals surface area contributed by atoms with Gasteiger partial charge >= 0.3 is 0 Å². The van der Waals surface area contributed by atoms with Crippen LogP contribution in [-0.4, -0.2) is 17.4 Å². The van der Waals surface area contributed by atoms with Gasteiger partial charge in [0.1, 0.15) is 11.6 Å². The molecule has 0 aliphatic rings. The number of pyridine rings is 1. The Bertz CT molecular complexity index is 379. The second-order valence-corrected chi connectivity index (χ2v) is 4.51. The van der Waals surface area contributed by atoms with Crippen molar-refractivity contribution in [2.24, 2.45) is 11.7 Å². The van der Waals surface area contributed by atoms with Crippen molar-refractivity contribution in [2.75, 3.05) is 6.61 Å². The molecule has 0 aromatic carbocycles. The van der Waals surface area contributed by atoms with Gasteiger partial charge in [-0.2, -0.15) is 0 Å². The predicted octanol–water partition coefficient (Wildman–Crippen LogP) is 2.96. The van der Waals surface area contributed by atoms with E-state index >= 15 is 0 Å². The third kappa shape index (κ3) is 4.35. The van der Waals surface area contributed by atoms with Crippen molar-refractivity contribution in [2.45, 2.75) is 39.5 Å². The standard InChI is InChI=1S/C14H23N3O/c1-3-5-6-11(4-2)10-18-13-9-17-8-7-12(13)14(15)16/h7-9,11H,3-6,10H2,1-2H3,(H3,15,16). The van der Waals surface area contributed by atoms with Crippen LogP contribution in [0.15, 0.2) is 18.5 Å². The maximum atomic E-state index is 7.49. The number of hydrogen-bond donors (Lipinski definition) is 2. The van der Waals surface area contributed by atoms with Gasteiger partial charge in [-0.05, 0) is 18.4 Å². The van der Waals surface area contributed by atoms with E-state index in [2.05, 4.69) is 18.8 Å². The first kappa shape index (κ1) is 14.5. The van der Waals surface area contributed by atoms with Crippen LogP contribution in [0.4, 0.5) is 0 Å². The Morgan fingerprint density at radius 3 is 2.89 bits per heavy atom. The zero-order valence-corrected chi connectivity index (χ0v) is 11.3. The molecule has 1 aromatic rings. The number of amidine groups is 1. The number of nitrogens with zero attached hydrogens (tertiary/aromatic N) is 1. The van der Waals surface area contributed by atoms with E-state index < -0.39 is 0 Å². The normalized spacial score (nSPS) is 12.1. The van der Waals surface area contributed by atoms with Crippen LogP contribution >= 0.6 is 0 Å². The van der Waals surface area contributed by atoms with Crippen molar-refractivity contribution >= 4 is 5.84 Å². The number of nitrogen functional groups attached to an aromatic ring is 1. The first-order chi connectivity index (χ1) is 8.69. The van der Waals surface area contributed by atoms with Gasteiger partial charge in [-0.25, -0.2) is 0 Å². The van der Waals surface area contributed by atoms with E-state index in [1.54, 1.807) is 18.5 Å². The minimum Gasteiger partial charge on any atom is -0.491 e. The van der Waals surface area contributed by atoms with Crippen molar-refractivity contribution in [3.8, 4) is 5.75 Å². The zero-order chi connectivity index (χ0) is 13.4. The fourth-order valence-electron chi connectivity index (χ4n) is 1.82. The summed E-state index contributed by atoms with van der Waals surface area (Å²) in [4.78, 5) is 4.02. The highest BCUT2D eigenvalue weighted by Crippen LogP contribution is 2.19. The molecule has 0 aliphatic carbocycles. The number of ether oxygens (including phenoxy) is 1. The SMILES string of the molecule is CCCCC(CC)COc1cnccc1C(=N)N. The average Bonchev–Trinajstić information content (AvgIpc) is 2.39. The van der Waals surface area contributed by atoms with Gasteiger partial charge in [0.25, 0.3) is 0 Å². The van der Waals surface area contributed by atoms with Crippen LogP contribution in [0.2, 0.25) is 0 Å². The van der Waals surface area contributed by atoms with Gasteiger partial charge in [-0.1, -0.05) is 33.1 Å². The van der Waals surface area contributed by atoms with E-state index in [4.69, 9.17) is 15.9 Å². The quantitative estimate of drug-likeness (QED) is 0.549. The van der Waals surface area contributed by atoms with Gasteiger partial charge < -0.3 is 10.5 Å². The molecule has 18 heavy (non-hydrogen) atoms. The Balaban J connectivity index is 2.59. The summed E-state index contributed by atoms with van der Waals surface area (Å²) in [6.45, 7) is 5.05. The lowest BCUT2D eigenvalue weighted by Gasteiger charge is -2.16. The summed E-state index contributed by atoms with van der Waals surface area (Å²) in [5.41, 5.74) is 6.13. The van der Waals surface area contributed by atoms with E-state index in [1.807, 2.05) is 0 Å². The second kappa shape index (κ2) is 7.69. The van der Waals surface area contributed by atoms with Gasteiger partial charge in [0.2, 0.25) is 0 Å². The molecule has 0 saturated heterocycles. The van der Waals surface area contributed by atoms with Crippen LogP contribution in [0.25, 0.3) is 0 Å². The third-order valence-electron chi connectivity index (χ3n) is 3.09. The molecule has 3 N–H and O–H groups in total. The molecule has 0 amide bonds. The maximum Gasteiger partial charge on any atom is 0.148 e. The lowest BCUT2D eigenvalue weighted by Crippen LogP contribution is -2.16. The third-order valence-corrected chi connectivity index (χ3v) is 3.09. The molecule has 1 aromatic heterocycles. The molecule has 0 radical (unpaired) electrons. The molecule has 1 rings (SSSR count). The minimum absolute atomic E-state index is 0.0222. The number of aromatic nitrogens is 1. The summed E-state index contributed by atoms with van der Waals surface area (Å²) in [5, 5.41) is 7.49. The van der Waals surface area contributed by atoms with E-state index in [9.17, 15) is 0 Å². The molecule has 0 aliphatic heterocycles. The first-order valence-corrected chi connectivity index (χ1v) is 6.60. The Morgan fingerprint density at radius 1 is 1.50 bits per heavy atom. The average molecular weight is 249 g/mol. The van der Waals surface area contributed by atoms with Crippen molar-refractivity contribution in [3.05, 3.63) is 24.0 Å². The summed E-state index contributed by atoms with van der Waals surface area (Å²) in [5.74, 6) is 1.19. The Morgan fingerprint density at radius 2 is 2.28 bits per heavy atom. The summed E-state index contributed by atoms with van der Waals surface area (Å²) < 4.78 is 5.77. The van der Waals surface area contributed by atoms with E-state index in [1.165, 1.54) is 19.3 Å². The van der Waals surface area contributed by atoms with Gasteiger partial charge in [0.15, 0.2) is 0 Å². The van der Waals surface area contributed by atoms with Crippen molar-refractivity contribution < 1.29 is 4.74 Å². The Kier molecular flexibility index (Phi) is 6.19. The van der Waals surface area contributed by atoms with E-state index in [0.29, 0.717) is 23.8 Å². The minimum atomic E-state index is 0.0222. The van der Waals surface area contributed by atoms with Gasteiger partial charge in [0.05, 0.1) is 18.4 Å². The zero-order valence-electron chi connectivity index (χ0n) is 11.3. The lowest BCUT2D eigenvalue weighted by atomic mass is 10.0. The molecule has 4 nitrogen and oxygen atoms in total. The first-order valence-electron chi connectivity index (χ1n) is 6.60. The van der Waals surface area contributed by atoms with Crippen LogP contribution < -0.4 is 10.5 Å². The molecule has 1 heterocycles. The van der Waals surface area contributed by atoms with Crippen molar-refractivity contribution in [3.63, 3.8) is 0 Å². The van der Waals surface area contributed by atoms with E-state index in [0.717, 1.165) is 6.42 Å². The highest BCUT2D eigenvalue weighted by molar-refractivity contribution is 5.97. The molecular formula is C14H23N3O. The molecule has 0 bridgehead atoms. The Hall–Kier alpha value is -1.58. The maximum absolute atomic E-state index is 7.49. The number of hydrogen-bond acceptors (Lipinski definition) is 3. The molecule has 0 fully saturated rings. The molecule has 4 heteroatoms. The summed E-state index contributed by atoms with van der Waals surface area (Å²) in [7, 11) is 0. The van der Waals surface area contributed by atoms with Gasteiger partial charge in [-0.3, -0.25) is 10.4 Å². The highest BCUT2D eigenvalue weighted by Gasteiger charge is 2.10. The Labute approximate surface area is 109 Å². The highest BCUT2D eigenvalue weighted by atomic mass is 16.5. The number of rotatable bonds is 8. The van der Waals surface area contributed by atoms with Gasteiger partial charge in [0, 0.05) is 6.20 Å². The molecule has 100 valence electrons. The van der Waals surface area contributed by atoms with Crippen LogP contribution in [0.3, 0.4) is 0 Å². The fraction of sp³-hybridized carbons (Fsp3) is 0.571. The van der Waals surface area contributed by atoms with Crippen LogP contribution in [0.1, 0.15) is 45.1 Å². The molecule has 0 spiro atoms. The molecular weight excluding hydrogens is 226 g/mol. The molecule has 1 unspecified atom stereocenters. The predicted molar refractivity (Wildman–Crippen MR) is 74.1 cm³/mol. The molecule has 0 saturated carbocycles. The largest absolute Gasteiger partial charge is 0.491 e. The second-order valence-electron chi connectivity index (χ2n) is 4.51. The topological polar surface area (TPSA) is 72.0 Å². The van der Waals surface area contributed by atoms with Gasteiger partial charge in [-0.15, -0.1) is 0 Å². The number of nitrogens with two attached hydrogens (primary N) is 1. The fourth-order valence-corrected chi connectivity index (χ4v) is 1.82. The smallest absolute Gasteiger partial charge is 0.148 e. The molecule has 1 atom stereocenters. The summed E-state index contributed by atoms with van der Waals surface area (Å²) >= 11 is 0. The summed E-state index contributed by atoms with van der Waals surface area (Å²) in [6, 6.07) is 1.71. The van der Waals surface area contributed by atoms with Crippen molar-refractivity contribution in [1.29, 1.82) is 5.41 Å². The van der Waals surface area contributed by atoms with Crippen LogP contribution in [0.5, 0.6) is 5.75 Å². The summed E-state index contributed by atoms with van der Waals surface area (Å²) in [6.07, 6.45) is 7.98. The van der Waals surface area contributed by atoms with E-state index in [-0.39, 0.29) is 5.84 Å². The number of unbranched alkanes of at least 4 members (excludes halogenated alkanes) is 1. The van der Waals surface area contributed by atoms with Crippen LogP contribution in [-0.2, 0) is 0 Å². The number of nitrogens with one attached hydrogen (secondary N) is 1. The van der Waals surface area contributed by atoms with Crippen molar-refractivity contribution in [1.82, 2.24) is 4.98 Å². The monoisotopic (exact) mass is 249 g/mol. The lowest BCUT2D eigenvalue weighted by molar-refractivity contribution is 0.232. The van der Waals surface area contributed by atoms with Crippen LogP contribution in [0, 0.1) is 11.3 Å².